The number of carbonyl (C=O) groups is 1. The fourth-order valence-electron chi connectivity index (χ4n) is 2.81. The van der Waals surface area contributed by atoms with Crippen LogP contribution in [0.15, 0.2) is 89.5 Å². The first kappa shape index (κ1) is 18.8. The van der Waals surface area contributed by atoms with E-state index in [1.165, 1.54) is 6.21 Å². The van der Waals surface area contributed by atoms with Crippen molar-refractivity contribution in [2.24, 2.45) is 5.10 Å². The summed E-state index contributed by atoms with van der Waals surface area (Å²) in [4.78, 5) is 13.2. The van der Waals surface area contributed by atoms with Gasteiger partial charge in [0, 0.05) is 11.8 Å². The number of nitrogens with one attached hydrogen (secondary N) is 1. The molecule has 0 saturated carbocycles. The average Bonchev–Trinajstić information content (AvgIpc) is 3.44. The van der Waals surface area contributed by atoms with Gasteiger partial charge in [0.25, 0.3) is 5.91 Å². The first-order valence-electron chi connectivity index (χ1n) is 8.97. The van der Waals surface area contributed by atoms with E-state index in [9.17, 15) is 9.90 Å². The van der Waals surface area contributed by atoms with Gasteiger partial charge in [0.1, 0.15) is 5.69 Å². The molecule has 2 aromatic heterocycles. The maximum absolute atomic E-state index is 12.2. The number of thiophene rings is 1. The predicted molar refractivity (Wildman–Crippen MR) is 114 cm³/mol. The monoisotopic (exact) mass is 402 g/mol. The largest absolute Gasteiger partial charge is 0.378 e. The lowest BCUT2D eigenvalue weighted by molar-refractivity contribution is -0.129. The minimum atomic E-state index is -1.28. The van der Waals surface area contributed by atoms with Gasteiger partial charge in [-0.2, -0.15) is 10.2 Å². The number of hydrazone groups is 1. The Hall–Kier alpha value is -3.55. The molecule has 2 aromatic carbocycles. The third-order valence-corrected chi connectivity index (χ3v) is 5.14. The number of benzene rings is 2. The van der Waals surface area contributed by atoms with Crippen LogP contribution in [0.3, 0.4) is 0 Å². The minimum absolute atomic E-state index is 0.511. The van der Waals surface area contributed by atoms with E-state index in [0.29, 0.717) is 5.56 Å². The molecule has 0 aliphatic rings. The van der Waals surface area contributed by atoms with E-state index in [0.717, 1.165) is 21.8 Å². The lowest BCUT2D eigenvalue weighted by Crippen LogP contribution is -2.25. The maximum Gasteiger partial charge on any atom is 0.273 e. The number of para-hydroxylation sites is 1. The Labute approximate surface area is 171 Å². The standard InChI is InChI=1S/C22H18N4O2S/c27-21(16-8-3-1-4-9-16)22(28)24-23-14-17-15-26(18-10-5-2-6-11-18)25-20(17)19-12-7-13-29-19/h1-15,21,27H,(H,24,28)/b23-14-/t21-/m0/s1. The first-order valence-corrected chi connectivity index (χ1v) is 9.85. The Morgan fingerprint density at radius 3 is 2.48 bits per heavy atom. The molecule has 144 valence electrons. The molecule has 0 aliphatic heterocycles. The lowest BCUT2D eigenvalue weighted by atomic mass is 10.1. The predicted octanol–water partition coefficient (Wildman–Crippen LogP) is 3.78. The molecule has 0 saturated heterocycles. The highest BCUT2D eigenvalue weighted by molar-refractivity contribution is 7.13. The fourth-order valence-corrected chi connectivity index (χ4v) is 3.54. The van der Waals surface area contributed by atoms with Gasteiger partial charge in [-0.1, -0.05) is 54.6 Å². The van der Waals surface area contributed by atoms with Gasteiger partial charge in [-0.05, 0) is 29.1 Å². The second-order valence-corrected chi connectivity index (χ2v) is 7.19. The summed E-state index contributed by atoms with van der Waals surface area (Å²) in [5.41, 5.74) is 5.36. The molecule has 4 aromatic rings. The summed E-state index contributed by atoms with van der Waals surface area (Å²) in [5, 5.41) is 20.8. The number of aliphatic hydroxyl groups excluding tert-OH is 1. The Kier molecular flexibility index (Phi) is 5.60. The summed E-state index contributed by atoms with van der Waals surface area (Å²) in [6, 6.07) is 22.4. The Morgan fingerprint density at radius 1 is 1.07 bits per heavy atom. The van der Waals surface area contributed by atoms with E-state index in [1.54, 1.807) is 40.3 Å². The van der Waals surface area contributed by atoms with Crippen LogP contribution in [0.2, 0.25) is 0 Å². The molecule has 0 fully saturated rings. The third-order valence-electron chi connectivity index (χ3n) is 4.26. The molecule has 0 unspecified atom stereocenters. The highest BCUT2D eigenvalue weighted by atomic mass is 32.1. The van der Waals surface area contributed by atoms with E-state index in [2.05, 4.69) is 15.6 Å². The molecule has 1 amide bonds. The SMILES string of the molecule is O=C(N/N=C\c1cn(-c2ccccc2)nc1-c1cccs1)[C@@H](O)c1ccccc1. The number of rotatable bonds is 6. The van der Waals surface area contributed by atoms with Crippen LogP contribution in [0.4, 0.5) is 0 Å². The zero-order valence-corrected chi connectivity index (χ0v) is 16.2. The van der Waals surface area contributed by atoms with E-state index in [1.807, 2.05) is 60.1 Å². The molecule has 0 aliphatic carbocycles. The van der Waals surface area contributed by atoms with Gasteiger partial charge in [-0.15, -0.1) is 11.3 Å². The van der Waals surface area contributed by atoms with Crippen molar-refractivity contribution in [2.45, 2.75) is 6.10 Å². The van der Waals surface area contributed by atoms with Gasteiger partial charge in [0.2, 0.25) is 0 Å². The molecule has 0 radical (unpaired) electrons. The fraction of sp³-hybridized carbons (Fsp3) is 0.0455. The van der Waals surface area contributed by atoms with Crippen LogP contribution in [-0.2, 0) is 4.79 Å². The number of hydrogen-bond donors (Lipinski definition) is 2. The first-order chi connectivity index (χ1) is 14.2. The molecule has 2 N–H and O–H groups in total. The van der Waals surface area contributed by atoms with E-state index >= 15 is 0 Å². The van der Waals surface area contributed by atoms with Crippen molar-refractivity contribution in [3.05, 3.63) is 95.5 Å². The third kappa shape index (κ3) is 4.31. The summed E-state index contributed by atoms with van der Waals surface area (Å²) < 4.78 is 1.77. The molecule has 7 heteroatoms. The number of aromatic nitrogens is 2. The van der Waals surface area contributed by atoms with Crippen LogP contribution in [0.25, 0.3) is 16.3 Å². The summed E-state index contributed by atoms with van der Waals surface area (Å²) in [6.45, 7) is 0. The van der Waals surface area contributed by atoms with E-state index < -0.39 is 12.0 Å². The molecular formula is C22H18N4O2S. The zero-order valence-electron chi connectivity index (χ0n) is 15.3. The normalized spacial score (nSPS) is 12.2. The summed E-state index contributed by atoms with van der Waals surface area (Å²) in [6.07, 6.45) is 2.11. The van der Waals surface area contributed by atoms with E-state index in [4.69, 9.17) is 0 Å². The van der Waals surface area contributed by atoms with Gasteiger partial charge in [0.15, 0.2) is 6.10 Å². The van der Waals surface area contributed by atoms with Gasteiger partial charge in [-0.3, -0.25) is 4.79 Å². The second kappa shape index (κ2) is 8.64. The van der Waals surface area contributed by atoms with Crippen molar-refractivity contribution >= 4 is 23.5 Å². The van der Waals surface area contributed by atoms with Crippen molar-refractivity contribution in [3.63, 3.8) is 0 Å². The Bertz CT molecular complexity index is 1110. The van der Waals surface area contributed by atoms with Crippen LogP contribution in [-0.4, -0.2) is 27.0 Å². The van der Waals surface area contributed by atoms with Crippen molar-refractivity contribution in [1.82, 2.24) is 15.2 Å². The average molecular weight is 402 g/mol. The number of carbonyl (C=O) groups excluding carboxylic acids is 1. The van der Waals surface area contributed by atoms with Crippen LogP contribution in [0.5, 0.6) is 0 Å². The molecule has 4 rings (SSSR count). The van der Waals surface area contributed by atoms with Crippen LogP contribution >= 0.6 is 11.3 Å². The van der Waals surface area contributed by atoms with Crippen LogP contribution in [0, 0.1) is 0 Å². The maximum atomic E-state index is 12.2. The topological polar surface area (TPSA) is 79.5 Å². The van der Waals surface area contributed by atoms with Crippen molar-refractivity contribution in [3.8, 4) is 16.3 Å². The summed E-state index contributed by atoms with van der Waals surface area (Å²) >= 11 is 1.58. The van der Waals surface area contributed by atoms with Crippen molar-refractivity contribution < 1.29 is 9.90 Å². The summed E-state index contributed by atoms with van der Waals surface area (Å²) in [7, 11) is 0. The highest BCUT2D eigenvalue weighted by Gasteiger charge is 2.16. The van der Waals surface area contributed by atoms with Crippen molar-refractivity contribution in [2.75, 3.05) is 0 Å². The van der Waals surface area contributed by atoms with Gasteiger partial charge in [-0.25, -0.2) is 10.1 Å². The zero-order chi connectivity index (χ0) is 20.1. The van der Waals surface area contributed by atoms with E-state index in [-0.39, 0.29) is 0 Å². The van der Waals surface area contributed by atoms with Gasteiger partial charge in [0.05, 0.1) is 16.8 Å². The number of hydrogen-bond acceptors (Lipinski definition) is 5. The van der Waals surface area contributed by atoms with Crippen LogP contribution < -0.4 is 5.43 Å². The summed E-state index contributed by atoms with van der Waals surface area (Å²) in [5.74, 6) is -0.597. The van der Waals surface area contributed by atoms with Gasteiger partial charge < -0.3 is 5.11 Å². The van der Waals surface area contributed by atoms with Crippen LogP contribution in [0.1, 0.15) is 17.2 Å². The molecule has 1 atom stereocenters. The Balaban J connectivity index is 1.56. The second-order valence-electron chi connectivity index (χ2n) is 6.24. The highest BCUT2D eigenvalue weighted by Crippen LogP contribution is 2.26. The molecule has 29 heavy (non-hydrogen) atoms. The number of nitrogens with zero attached hydrogens (tertiary/aromatic N) is 3. The molecule has 2 heterocycles. The lowest BCUT2D eigenvalue weighted by Gasteiger charge is -2.08. The number of aliphatic hydroxyl groups is 1. The minimum Gasteiger partial charge on any atom is -0.378 e. The molecule has 0 bridgehead atoms. The molecule has 6 nitrogen and oxygen atoms in total. The van der Waals surface area contributed by atoms with Gasteiger partial charge >= 0.3 is 0 Å². The Morgan fingerprint density at radius 2 is 1.79 bits per heavy atom. The van der Waals surface area contributed by atoms with Crippen molar-refractivity contribution in [1.29, 1.82) is 0 Å². The quantitative estimate of drug-likeness (QED) is 0.380. The number of amides is 1. The molecule has 0 spiro atoms. The molecular weight excluding hydrogens is 384 g/mol. The smallest absolute Gasteiger partial charge is 0.273 e.